The Hall–Kier alpha value is -0.820. The summed E-state index contributed by atoms with van der Waals surface area (Å²) in [4.78, 5) is 0. The minimum atomic E-state index is 0.441. The molecule has 0 aromatic heterocycles. The molecular weight excluding hydrogens is 230 g/mol. The van der Waals surface area contributed by atoms with Gasteiger partial charge in [-0.3, -0.25) is 0 Å². The first-order valence-electron chi connectivity index (χ1n) is 7.70. The number of hydrogen-bond donors (Lipinski definition) is 1. The van der Waals surface area contributed by atoms with Crippen LogP contribution in [0.5, 0.6) is 0 Å². The highest BCUT2D eigenvalue weighted by atomic mass is 14.9. The van der Waals surface area contributed by atoms with Gasteiger partial charge in [-0.15, -0.1) is 0 Å². The molecule has 1 aromatic carbocycles. The maximum absolute atomic E-state index is 3.64. The molecule has 0 amide bonds. The molecule has 0 bridgehead atoms. The van der Waals surface area contributed by atoms with E-state index in [0.717, 1.165) is 6.54 Å². The van der Waals surface area contributed by atoms with E-state index in [0.29, 0.717) is 11.5 Å². The van der Waals surface area contributed by atoms with Gasteiger partial charge in [0.2, 0.25) is 0 Å². The van der Waals surface area contributed by atoms with Crippen molar-refractivity contribution < 1.29 is 0 Å². The van der Waals surface area contributed by atoms with Crippen molar-refractivity contribution in [1.82, 2.24) is 5.32 Å². The number of hydrogen-bond acceptors (Lipinski definition) is 1. The zero-order chi connectivity index (χ0) is 14.3. The van der Waals surface area contributed by atoms with Gasteiger partial charge in [0.1, 0.15) is 0 Å². The first-order valence-corrected chi connectivity index (χ1v) is 7.70. The van der Waals surface area contributed by atoms with Crippen LogP contribution in [0.25, 0.3) is 0 Å². The lowest BCUT2D eigenvalue weighted by Crippen LogP contribution is -2.30. The highest BCUT2D eigenvalue weighted by Crippen LogP contribution is 2.23. The van der Waals surface area contributed by atoms with Crippen molar-refractivity contribution >= 4 is 0 Å². The van der Waals surface area contributed by atoms with Crippen molar-refractivity contribution in [2.45, 2.75) is 66.3 Å². The summed E-state index contributed by atoms with van der Waals surface area (Å²) in [7, 11) is 0. The summed E-state index contributed by atoms with van der Waals surface area (Å²) >= 11 is 0. The Kier molecular flexibility index (Phi) is 6.57. The molecule has 0 aliphatic heterocycles. The van der Waals surface area contributed by atoms with E-state index in [9.17, 15) is 0 Å². The van der Waals surface area contributed by atoms with Gasteiger partial charge in [-0.05, 0) is 55.7 Å². The van der Waals surface area contributed by atoms with Crippen LogP contribution in [0.3, 0.4) is 0 Å². The van der Waals surface area contributed by atoms with E-state index in [2.05, 4.69) is 64.2 Å². The fraction of sp³-hybridized carbons (Fsp3) is 0.667. The van der Waals surface area contributed by atoms with E-state index in [4.69, 9.17) is 0 Å². The lowest BCUT2D eigenvalue weighted by Gasteiger charge is -2.24. The average Bonchev–Trinajstić information content (AvgIpc) is 2.33. The molecule has 1 nitrogen and oxygen atoms in total. The molecule has 0 heterocycles. The number of nitrogens with one attached hydrogen (secondary N) is 1. The molecule has 1 unspecified atom stereocenters. The zero-order valence-electron chi connectivity index (χ0n) is 13.4. The van der Waals surface area contributed by atoms with Gasteiger partial charge in [0, 0.05) is 6.04 Å². The second-order valence-electron chi connectivity index (χ2n) is 6.82. The van der Waals surface area contributed by atoms with E-state index in [1.807, 2.05) is 0 Å². The molecule has 108 valence electrons. The molecular formula is C18H31N. The van der Waals surface area contributed by atoms with E-state index in [1.54, 1.807) is 0 Å². The maximum Gasteiger partial charge on any atom is 0.00703 e. The third kappa shape index (κ3) is 6.77. The van der Waals surface area contributed by atoms with Gasteiger partial charge in [-0.2, -0.15) is 0 Å². The van der Waals surface area contributed by atoms with Crippen LogP contribution < -0.4 is 5.32 Å². The number of rotatable bonds is 7. The standard InChI is InChI=1S/C18H31N/c1-6-19-17(13-14-18(3,4)5)12-11-16-10-8-7-9-15(16)2/h7-10,17,19H,6,11-14H2,1-5H3. The molecule has 0 spiro atoms. The van der Waals surface area contributed by atoms with Crippen molar-refractivity contribution in [3.63, 3.8) is 0 Å². The molecule has 1 heteroatoms. The van der Waals surface area contributed by atoms with Crippen molar-refractivity contribution in [1.29, 1.82) is 0 Å². The molecule has 1 aromatic rings. The van der Waals surface area contributed by atoms with Crippen LogP contribution in [-0.2, 0) is 6.42 Å². The van der Waals surface area contributed by atoms with Crippen LogP contribution in [0.15, 0.2) is 24.3 Å². The third-order valence-electron chi connectivity index (χ3n) is 3.76. The Morgan fingerprint density at radius 3 is 2.37 bits per heavy atom. The van der Waals surface area contributed by atoms with Gasteiger partial charge in [0.05, 0.1) is 0 Å². The number of benzene rings is 1. The Morgan fingerprint density at radius 1 is 1.11 bits per heavy atom. The lowest BCUT2D eigenvalue weighted by molar-refractivity contribution is 0.324. The van der Waals surface area contributed by atoms with Gasteiger partial charge in [-0.25, -0.2) is 0 Å². The molecule has 0 fully saturated rings. The summed E-state index contributed by atoms with van der Waals surface area (Å²) in [5.41, 5.74) is 3.37. The fourth-order valence-corrected chi connectivity index (χ4v) is 2.46. The largest absolute Gasteiger partial charge is 0.314 e. The van der Waals surface area contributed by atoms with Crippen molar-refractivity contribution in [2.24, 2.45) is 5.41 Å². The Balaban J connectivity index is 2.47. The number of aryl methyl sites for hydroxylation is 2. The van der Waals surface area contributed by atoms with E-state index < -0.39 is 0 Å². The molecule has 0 radical (unpaired) electrons. The first kappa shape index (κ1) is 16.2. The molecule has 0 aliphatic carbocycles. The predicted octanol–water partition coefficient (Wildman–Crippen LogP) is 4.73. The van der Waals surface area contributed by atoms with Gasteiger partial charge in [-0.1, -0.05) is 52.0 Å². The van der Waals surface area contributed by atoms with Crippen molar-refractivity contribution in [3.05, 3.63) is 35.4 Å². The fourth-order valence-electron chi connectivity index (χ4n) is 2.46. The SMILES string of the molecule is CCNC(CCc1ccccc1C)CCC(C)(C)C. The molecule has 1 rings (SSSR count). The summed E-state index contributed by atoms with van der Waals surface area (Å²) in [5.74, 6) is 0. The van der Waals surface area contributed by atoms with Crippen LogP contribution in [0, 0.1) is 12.3 Å². The van der Waals surface area contributed by atoms with E-state index >= 15 is 0 Å². The second-order valence-corrected chi connectivity index (χ2v) is 6.82. The summed E-state index contributed by atoms with van der Waals surface area (Å²) in [6, 6.07) is 9.42. The third-order valence-corrected chi connectivity index (χ3v) is 3.76. The van der Waals surface area contributed by atoms with Crippen LogP contribution in [0.4, 0.5) is 0 Å². The van der Waals surface area contributed by atoms with Crippen LogP contribution >= 0.6 is 0 Å². The Morgan fingerprint density at radius 2 is 1.79 bits per heavy atom. The van der Waals surface area contributed by atoms with Gasteiger partial charge < -0.3 is 5.32 Å². The minimum absolute atomic E-state index is 0.441. The Bertz CT molecular complexity index is 362. The summed E-state index contributed by atoms with van der Waals surface area (Å²) in [6.45, 7) is 12.5. The zero-order valence-corrected chi connectivity index (χ0v) is 13.4. The predicted molar refractivity (Wildman–Crippen MR) is 85.7 cm³/mol. The van der Waals surface area contributed by atoms with Gasteiger partial charge >= 0.3 is 0 Å². The topological polar surface area (TPSA) is 12.0 Å². The molecule has 0 aliphatic rings. The summed E-state index contributed by atoms with van der Waals surface area (Å²) in [6.07, 6.45) is 5.00. The quantitative estimate of drug-likeness (QED) is 0.748. The molecule has 1 N–H and O–H groups in total. The molecule has 0 saturated carbocycles. The Labute approximate surface area is 119 Å². The summed E-state index contributed by atoms with van der Waals surface area (Å²) in [5, 5.41) is 3.64. The van der Waals surface area contributed by atoms with Crippen molar-refractivity contribution in [2.75, 3.05) is 6.54 Å². The van der Waals surface area contributed by atoms with Gasteiger partial charge in [0.15, 0.2) is 0 Å². The molecule has 0 saturated heterocycles. The van der Waals surface area contributed by atoms with Crippen LogP contribution in [-0.4, -0.2) is 12.6 Å². The smallest absolute Gasteiger partial charge is 0.00703 e. The lowest BCUT2D eigenvalue weighted by atomic mass is 9.87. The van der Waals surface area contributed by atoms with Crippen LogP contribution in [0.1, 0.15) is 58.1 Å². The molecule has 1 atom stereocenters. The highest BCUT2D eigenvalue weighted by molar-refractivity contribution is 5.25. The highest BCUT2D eigenvalue weighted by Gasteiger charge is 2.15. The summed E-state index contributed by atoms with van der Waals surface area (Å²) < 4.78 is 0. The van der Waals surface area contributed by atoms with Gasteiger partial charge in [0.25, 0.3) is 0 Å². The van der Waals surface area contributed by atoms with Crippen LogP contribution in [0.2, 0.25) is 0 Å². The normalized spacial score (nSPS) is 13.5. The maximum atomic E-state index is 3.64. The first-order chi connectivity index (χ1) is 8.92. The van der Waals surface area contributed by atoms with E-state index in [1.165, 1.54) is 36.8 Å². The molecule has 19 heavy (non-hydrogen) atoms. The average molecular weight is 261 g/mol. The second kappa shape index (κ2) is 7.69. The van der Waals surface area contributed by atoms with Crippen molar-refractivity contribution in [3.8, 4) is 0 Å². The minimum Gasteiger partial charge on any atom is -0.314 e. The monoisotopic (exact) mass is 261 g/mol. The van der Waals surface area contributed by atoms with E-state index in [-0.39, 0.29) is 0 Å².